The Balaban J connectivity index is 1.19. The van der Waals surface area contributed by atoms with E-state index in [9.17, 15) is 8.42 Å². The van der Waals surface area contributed by atoms with Crippen LogP contribution in [0.5, 0.6) is 5.75 Å². The number of hydrogen-bond donors (Lipinski definition) is 0. The Morgan fingerprint density at radius 2 is 1.52 bits per heavy atom. The smallest absolute Gasteiger partial charge is 0.175 e. The monoisotopic (exact) mass is 464 g/mol. The van der Waals surface area contributed by atoms with E-state index in [1.807, 2.05) is 12.1 Å². The predicted molar refractivity (Wildman–Crippen MR) is 122 cm³/mol. The van der Waals surface area contributed by atoms with E-state index in [0.717, 1.165) is 63.2 Å². The van der Waals surface area contributed by atoms with E-state index in [1.54, 1.807) is 30.5 Å². The van der Waals surface area contributed by atoms with Crippen LogP contribution >= 0.6 is 11.6 Å². The first-order valence-electron chi connectivity index (χ1n) is 10.9. The van der Waals surface area contributed by atoms with E-state index in [-0.39, 0.29) is 12.2 Å². The van der Waals surface area contributed by atoms with Crippen molar-refractivity contribution in [2.45, 2.75) is 61.7 Å². The second-order valence-electron chi connectivity index (χ2n) is 8.42. The molecule has 1 aromatic heterocycles. The lowest BCUT2D eigenvalue weighted by atomic mass is 9.94. The minimum Gasteiger partial charge on any atom is -0.490 e. The normalized spacial score (nSPS) is 23.0. The summed E-state index contributed by atoms with van der Waals surface area (Å²) in [4.78, 5) is 7.01. The number of halogens is 1. The van der Waals surface area contributed by atoms with Gasteiger partial charge in [-0.05, 0) is 74.9 Å². The Morgan fingerprint density at radius 3 is 2.10 bits per heavy atom. The molecule has 6 nitrogen and oxygen atoms in total. The first kappa shape index (κ1) is 22.4. The maximum Gasteiger partial charge on any atom is 0.175 e. The zero-order valence-electron chi connectivity index (χ0n) is 17.7. The second kappa shape index (κ2) is 9.76. The highest BCUT2D eigenvalue weighted by molar-refractivity contribution is 7.90. The lowest BCUT2D eigenvalue weighted by Crippen LogP contribution is -2.40. The van der Waals surface area contributed by atoms with Gasteiger partial charge in [-0.2, -0.15) is 0 Å². The summed E-state index contributed by atoms with van der Waals surface area (Å²) in [5.74, 6) is 1.70. The van der Waals surface area contributed by atoms with Crippen molar-refractivity contribution < 1.29 is 17.9 Å². The summed E-state index contributed by atoms with van der Waals surface area (Å²) >= 11 is 5.93. The molecule has 2 fully saturated rings. The average Bonchev–Trinajstić information content (AvgIpc) is 2.76. The third kappa shape index (κ3) is 6.11. The summed E-state index contributed by atoms with van der Waals surface area (Å²) in [5, 5.41) is 0.660. The Hall–Kier alpha value is -1.83. The van der Waals surface area contributed by atoms with Crippen LogP contribution in [0, 0.1) is 0 Å². The van der Waals surface area contributed by atoms with Gasteiger partial charge < -0.3 is 14.4 Å². The lowest BCUT2D eigenvalue weighted by Gasteiger charge is -2.36. The van der Waals surface area contributed by atoms with Crippen LogP contribution in [0.3, 0.4) is 0 Å². The van der Waals surface area contributed by atoms with Gasteiger partial charge in [0.2, 0.25) is 0 Å². The largest absolute Gasteiger partial charge is 0.490 e. The highest BCUT2D eigenvalue weighted by atomic mass is 35.5. The molecule has 0 N–H and O–H groups in total. The summed E-state index contributed by atoms with van der Waals surface area (Å²) in [6.07, 6.45) is 9.55. The first-order chi connectivity index (χ1) is 14.9. The third-order valence-corrected chi connectivity index (χ3v) is 7.39. The molecular formula is C23H29ClN2O4S. The lowest BCUT2D eigenvalue weighted by molar-refractivity contribution is -0.0527. The predicted octanol–water partition coefficient (Wildman–Crippen LogP) is 4.51. The van der Waals surface area contributed by atoms with Crippen molar-refractivity contribution in [3.8, 4) is 5.75 Å². The van der Waals surface area contributed by atoms with Crippen molar-refractivity contribution >= 4 is 27.3 Å². The molecule has 1 saturated carbocycles. The molecular weight excluding hydrogens is 436 g/mol. The zero-order chi connectivity index (χ0) is 21.8. The van der Waals surface area contributed by atoms with Crippen molar-refractivity contribution in [3.05, 3.63) is 47.6 Å². The summed E-state index contributed by atoms with van der Waals surface area (Å²) in [6, 6.07) is 10.5. The molecule has 31 heavy (non-hydrogen) atoms. The van der Waals surface area contributed by atoms with Crippen LogP contribution in [0.25, 0.3) is 0 Å². The molecule has 0 unspecified atom stereocenters. The highest BCUT2D eigenvalue weighted by Crippen LogP contribution is 2.29. The highest BCUT2D eigenvalue weighted by Gasteiger charge is 2.28. The van der Waals surface area contributed by atoms with E-state index >= 15 is 0 Å². The van der Waals surface area contributed by atoms with Gasteiger partial charge in [0.05, 0.1) is 28.2 Å². The molecule has 0 radical (unpaired) electrons. The summed E-state index contributed by atoms with van der Waals surface area (Å²) in [7, 11) is -3.18. The minimum atomic E-state index is -3.18. The molecule has 1 aliphatic heterocycles. The fourth-order valence-corrected chi connectivity index (χ4v) is 5.03. The van der Waals surface area contributed by atoms with E-state index < -0.39 is 9.84 Å². The molecule has 1 aromatic carbocycles. The molecule has 1 saturated heterocycles. The van der Waals surface area contributed by atoms with Crippen molar-refractivity contribution in [2.24, 2.45) is 0 Å². The van der Waals surface area contributed by atoms with E-state index in [1.165, 1.54) is 6.26 Å². The van der Waals surface area contributed by atoms with Crippen LogP contribution in [0.4, 0.5) is 5.82 Å². The molecule has 1 aliphatic carbocycles. The number of pyridine rings is 1. The zero-order valence-corrected chi connectivity index (χ0v) is 19.3. The summed E-state index contributed by atoms with van der Waals surface area (Å²) in [6.45, 7) is 1.89. The van der Waals surface area contributed by atoms with Gasteiger partial charge in [-0.25, -0.2) is 13.4 Å². The molecule has 8 heteroatoms. The number of aromatic nitrogens is 1. The van der Waals surface area contributed by atoms with Crippen molar-refractivity contribution in [2.75, 3.05) is 24.2 Å². The summed E-state index contributed by atoms with van der Waals surface area (Å²) in [5.41, 5.74) is 0. The topological polar surface area (TPSA) is 68.7 Å². The van der Waals surface area contributed by atoms with Gasteiger partial charge in [-0.15, -0.1) is 0 Å². The number of hydrogen-bond acceptors (Lipinski definition) is 6. The number of benzene rings is 1. The molecule has 0 atom stereocenters. The Kier molecular flexibility index (Phi) is 7.04. The van der Waals surface area contributed by atoms with Crippen molar-refractivity contribution in [3.63, 3.8) is 0 Å². The van der Waals surface area contributed by atoms with E-state index in [4.69, 9.17) is 21.1 Å². The number of nitrogens with zero attached hydrogens (tertiary/aromatic N) is 2. The molecule has 0 bridgehead atoms. The Labute approximate surface area is 189 Å². The van der Waals surface area contributed by atoms with Gasteiger partial charge in [0, 0.05) is 25.5 Å². The quantitative estimate of drug-likeness (QED) is 0.626. The maximum absolute atomic E-state index is 11.6. The number of anilines is 1. The van der Waals surface area contributed by atoms with Gasteiger partial charge in [-0.3, -0.25) is 0 Å². The van der Waals surface area contributed by atoms with Gasteiger partial charge in [0.25, 0.3) is 0 Å². The SMILES string of the molecule is CS(=O)(=O)c1ccc(O[C@H]2CC[C@H](OC3CCN(c4ccc(Cl)cn4)CC3)CC2)cc1. The van der Waals surface area contributed by atoms with Crippen LogP contribution in [0.2, 0.25) is 5.02 Å². The number of rotatable bonds is 6. The summed E-state index contributed by atoms with van der Waals surface area (Å²) < 4.78 is 35.6. The van der Waals surface area contributed by atoms with Gasteiger partial charge >= 0.3 is 0 Å². The maximum atomic E-state index is 11.6. The Bertz CT molecular complexity index is 950. The van der Waals surface area contributed by atoms with Gasteiger partial charge in [-0.1, -0.05) is 11.6 Å². The second-order valence-corrected chi connectivity index (χ2v) is 10.9. The molecule has 2 aliphatic rings. The number of piperidine rings is 1. The Morgan fingerprint density at radius 1 is 0.903 bits per heavy atom. The number of sulfone groups is 1. The molecule has 4 rings (SSSR count). The van der Waals surface area contributed by atoms with E-state index in [2.05, 4.69) is 9.88 Å². The van der Waals surface area contributed by atoms with Crippen molar-refractivity contribution in [1.29, 1.82) is 0 Å². The van der Waals surface area contributed by atoms with Crippen LogP contribution < -0.4 is 9.64 Å². The van der Waals surface area contributed by atoms with Crippen LogP contribution in [-0.2, 0) is 14.6 Å². The fraction of sp³-hybridized carbons (Fsp3) is 0.522. The van der Waals surface area contributed by atoms with Crippen LogP contribution in [0.1, 0.15) is 38.5 Å². The molecule has 2 aromatic rings. The van der Waals surface area contributed by atoms with Crippen molar-refractivity contribution in [1.82, 2.24) is 4.98 Å². The molecule has 168 valence electrons. The molecule has 0 spiro atoms. The first-order valence-corrected chi connectivity index (χ1v) is 13.1. The molecule has 0 amide bonds. The fourth-order valence-electron chi connectivity index (χ4n) is 4.29. The van der Waals surface area contributed by atoms with E-state index in [0.29, 0.717) is 16.0 Å². The van der Waals surface area contributed by atoms with Gasteiger partial charge in [0.1, 0.15) is 11.6 Å². The van der Waals surface area contributed by atoms with Crippen LogP contribution in [0.15, 0.2) is 47.5 Å². The van der Waals surface area contributed by atoms with Gasteiger partial charge in [0.15, 0.2) is 9.84 Å². The average molecular weight is 465 g/mol. The standard InChI is InChI=1S/C23H29ClN2O4S/c1-31(27,28)22-9-7-20(8-10-22)29-18-3-5-19(6-4-18)30-21-12-14-26(15-13-21)23-11-2-17(24)16-25-23/h2,7-11,16,18-19,21H,3-6,12-15H2,1H3/t18-,19-. The minimum absolute atomic E-state index is 0.154. The molecule has 2 heterocycles. The number of ether oxygens (including phenoxy) is 2. The van der Waals surface area contributed by atoms with Crippen LogP contribution in [-0.4, -0.2) is 51.1 Å². The third-order valence-electron chi connectivity index (χ3n) is 6.04.